The van der Waals surface area contributed by atoms with Gasteiger partial charge in [-0.2, -0.15) is 0 Å². The molecular formula is C21H26N2O4. The molecule has 6 nitrogen and oxygen atoms in total. The summed E-state index contributed by atoms with van der Waals surface area (Å²) >= 11 is 0. The zero-order chi connectivity index (χ0) is 19.1. The molecule has 1 N–H and O–H groups in total. The monoisotopic (exact) mass is 370 g/mol. The minimum absolute atomic E-state index is 0.154. The van der Waals surface area contributed by atoms with E-state index < -0.39 is 11.2 Å². The lowest BCUT2D eigenvalue weighted by Crippen LogP contribution is -2.63. The fraction of sp³-hybridized carbons (Fsp3) is 0.524. The second-order valence-electron chi connectivity index (χ2n) is 8.04. The van der Waals surface area contributed by atoms with Crippen LogP contribution in [0, 0.1) is 6.92 Å². The number of hydrogen-bond donors (Lipinski definition) is 1. The molecular weight excluding hydrogens is 344 g/mol. The first-order chi connectivity index (χ1) is 12.9. The van der Waals surface area contributed by atoms with E-state index in [1.54, 1.807) is 4.90 Å². The van der Waals surface area contributed by atoms with Crippen LogP contribution >= 0.6 is 0 Å². The van der Waals surface area contributed by atoms with Crippen molar-refractivity contribution in [3.8, 4) is 11.3 Å². The average molecular weight is 370 g/mol. The fourth-order valence-electron chi connectivity index (χ4n) is 4.19. The predicted octanol–water partition coefficient (Wildman–Crippen LogP) is 3.19. The second kappa shape index (κ2) is 6.77. The number of oxazole rings is 1. The molecule has 1 unspecified atom stereocenters. The maximum Gasteiger partial charge on any atom is 0.276 e. The summed E-state index contributed by atoms with van der Waals surface area (Å²) in [7, 11) is 0. The van der Waals surface area contributed by atoms with E-state index in [4.69, 9.17) is 9.15 Å². The van der Waals surface area contributed by atoms with Crippen molar-refractivity contribution in [1.82, 2.24) is 9.88 Å². The molecule has 0 saturated carbocycles. The van der Waals surface area contributed by atoms with Crippen LogP contribution in [0.15, 0.2) is 35.1 Å². The summed E-state index contributed by atoms with van der Waals surface area (Å²) in [6.45, 7) is 5.44. The first-order valence-corrected chi connectivity index (χ1v) is 9.60. The molecule has 2 aromatic rings. The highest BCUT2D eigenvalue weighted by atomic mass is 16.5. The average Bonchev–Trinajstić information content (AvgIpc) is 3.24. The van der Waals surface area contributed by atoms with Crippen LogP contribution in [-0.4, -0.2) is 51.8 Å². The Hall–Kier alpha value is -2.18. The number of likely N-dealkylation sites (tertiary alicyclic amines) is 1. The Morgan fingerprint density at radius 3 is 2.93 bits per heavy atom. The molecule has 4 rings (SSSR count). The Balaban J connectivity index is 1.44. The molecule has 1 amide bonds. The SMILES string of the molecule is CCCCC1(O)COC2(CN(C(=O)c3ncoc3-c3cccc(C)c3)C2)C1. The lowest BCUT2D eigenvalue weighted by Gasteiger charge is -2.47. The first-order valence-electron chi connectivity index (χ1n) is 9.60. The number of nitrogens with zero attached hydrogens (tertiary/aromatic N) is 2. The topological polar surface area (TPSA) is 75.8 Å². The van der Waals surface area contributed by atoms with E-state index >= 15 is 0 Å². The van der Waals surface area contributed by atoms with Gasteiger partial charge in [-0.15, -0.1) is 0 Å². The van der Waals surface area contributed by atoms with Crippen molar-refractivity contribution in [1.29, 1.82) is 0 Å². The number of carbonyl (C=O) groups excluding carboxylic acids is 1. The smallest absolute Gasteiger partial charge is 0.276 e. The van der Waals surface area contributed by atoms with Crippen LogP contribution < -0.4 is 0 Å². The van der Waals surface area contributed by atoms with Crippen LogP contribution in [0.4, 0.5) is 0 Å². The molecule has 1 atom stereocenters. The highest BCUT2D eigenvalue weighted by molar-refractivity contribution is 5.98. The van der Waals surface area contributed by atoms with Gasteiger partial charge >= 0.3 is 0 Å². The molecule has 1 aromatic heterocycles. The van der Waals surface area contributed by atoms with Crippen molar-refractivity contribution in [3.05, 3.63) is 41.9 Å². The van der Waals surface area contributed by atoms with E-state index in [0.29, 0.717) is 37.6 Å². The number of unbranched alkanes of at least 4 members (excludes halogenated alkanes) is 1. The summed E-state index contributed by atoms with van der Waals surface area (Å²) in [6.07, 6.45) is 4.69. The summed E-state index contributed by atoms with van der Waals surface area (Å²) in [6, 6.07) is 7.82. The number of aromatic nitrogens is 1. The highest BCUT2D eigenvalue weighted by Crippen LogP contribution is 2.42. The standard InChI is InChI=1S/C21H26N2O4/c1-3-4-8-20(25)10-21(27-13-20)11-23(12-21)19(24)17-18(26-14-22-17)16-7-5-6-15(2)9-16/h5-7,9,14,25H,3-4,8,10-13H2,1-2H3. The first kappa shape index (κ1) is 18.2. The largest absolute Gasteiger partial charge is 0.443 e. The molecule has 3 heterocycles. The molecule has 2 aliphatic heterocycles. The predicted molar refractivity (Wildman–Crippen MR) is 100 cm³/mol. The highest BCUT2D eigenvalue weighted by Gasteiger charge is 2.56. The van der Waals surface area contributed by atoms with Gasteiger partial charge in [0.1, 0.15) is 5.60 Å². The molecule has 2 saturated heterocycles. The van der Waals surface area contributed by atoms with Gasteiger partial charge in [-0.05, 0) is 19.4 Å². The number of rotatable bonds is 5. The Morgan fingerprint density at radius 1 is 1.37 bits per heavy atom. The van der Waals surface area contributed by atoms with Crippen LogP contribution in [0.5, 0.6) is 0 Å². The summed E-state index contributed by atoms with van der Waals surface area (Å²) in [5.74, 6) is 0.343. The van der Waals surface area contributed by atoms with E-state index in [-0.39, 0.29) is 5.91 Å². The van der Waals surface area contributed by atoms with Gasteiger partial charge in [0.05, 0.1) is 25.3 Å². The van der Waals surface area contributed by atoms with Gasteiger partial charge in [0.25, 0.3) is 5.91 Å². The molecule has 0 radical (unpaired) electrons. The summed E-state index contributed by atoms with van der Waals surface area (Å²) < 4.78 is 11.4. The lowest BCUT2D eigenvalue weighted by molar-refractivity contribution is -0.0957. The van der Waals surface area contributed by atoms with E-state index in [0.717, 1.165) is 30.4 Å². The third-order valence-corrected chi connectivity index (χ3v) is 5.59. The van der Waals surface area contributed by atoms with Gasteiger partial charge in [0, 0.05) is 12.0 Å². The van der Waals surface area contributed by atoms with Crippen molar-refractivity contribution in [3.63, 3.8) is 0 Å². The number of aliphatic hydroxyl groups is 1. The van der Waals surface area contributed by atoms with Gasteiger partial charge in [0.15, 0.2) is 17.8 Å². The van der Waals surface area contributed by atoms with Gasteiger partial charge in [0.2, 0.25) is 0 Å². The Kier molecular flexibility index (Phi) is 4.56. The van der Waals surface area contributed by atoms with E-state index in [1.165, 1.54) is 6.39 Å². The van der Waals surface area contributed by atoms with Crippen LogP contribution in [0.25, 0.3) is 11.3 Å². The van der Waals surface area contributed by atoms with Crippen molar-refractivity contribution in [2.45, 2.75) is 50.7 Å². The zero-order valence-corrected chi connectivity index (χ0v) is 15.9. The van der Waals surface area contributed by atoms with Gasteiger partial charge in [-0.1, -0.05) is 43.5 Å². The van der Waals surface area contributed by atoms with Gasteiger partial charge in [-0.25, -0.2) is 4.98 Å². The number of aryl methyl sites for hydroxylation is 1. The van der Waals surface area contributed by atoms with Gasteiger partial charge < -0.3 is 19.2 Å². The van der Waals surface area contributed by atoms with Crippen molar-refractivity contribution in [2.75, 3.05) is 19.7 Å². The van der Waals surface area contributed by atoms with Crippen LogP contribution in [0.2, 0.25) is 0 Å². The lowest BCUT2D eigenvalue weighted by atomic mass is 9.82. The Morgan fingerprint density at radius 2 is 2.19 bits per heavy atom. The van der Waals surface area contributed by atoms with Gasteiger partial charge in [-0.3, -0.25) is 4.79 Å². The summed E-state index contributed by atoms with van der Waals surface area (Å²) in [4.78, 5) is 18.8. The number of amides is 1. The molecule has 0 bridgehead atoms. The van der Waals surface area contributed by atoms with Crippen molar-refractivity contribution >= 4 is 5.91 Å². The molecule has 27 heavy (non-hydrogen) atoms. The quantitative estimate of drug-likeness (QED) is 0.875. The maximum absolute atomic E-state index is 12.9. The number of benzene rings is 1. The minimum Gasteiger partial charge on any atom is -0.443 e. The summed E-state index contributed by atoms with van der Waals surface area (Å²) in [5.41, 5.74) is 1.10. The van der Waals surface area contributed by atoms with Crippen LogP contribution in [0.3, 0.4) is 0 Å². The third kappa shape index (κ3) is 3.39. The third-order valence-electron chi connectivity index (χ3n) is 5.59. The van der Waals surface area contributed by atoms with Crippen molar-refractivity contribution in [2.24, 2.45) is 0 Å². The van der Waals surface area contributed by atoms with Crippen molar-refractivity contribution < 1.29 is 19.1 Å². The molecule has 0 aliphatic carbocycles. The molecule has 1 aromatic carbocycles. The van der Waals surface area contributed by atoms with E-state index in [9.17, 15) is 9.90 Å². The molecule has 6 heteroatoms. The number of carbonyl (C=O) groups is 1. The number of ether oxygens (including phenoxy) is 1. The van der Waals surface area contributed by atoms with Crippen LogP contribution in [0.1, 0.15) is 48.7 Å². The maximum atomic E-state index is 12.9. The Labute approximate surface area is 159 Å². The zero-order valence-electron chi connectivity index (χ0n) is 15.9. The fourth-order valence-corrected chi connectivity index (χ4v) is 4.19. The molecule has 144 valence electrons. The Bertz CT molecular complexity index is 840. The number of hydrogen-bond acceptors (Lipinski definition) is 5. The van der Waals surface area contributed by atoms with E-state index in [2.05, 4.69) is 11.9 Å². The molecule has 2 aliphatic rings. The van der Waals surface area contributed by atoms with Crippen LogP contribution in [-0.2, 0) is 4.74 Å². The molecule has 2 fully saturated rings. The minimum atomic E-state index is -0.758. The summed E-state index contributed by atoms with van der Waals surface area (Å²) in [5, 5.41) is 10.7. The van der Waals surface area contributed by atoms with E-state index in [1.807, 2.05) is 31.2 Å². The normalized spacial score (nSPS) is 23.6. The second-order valence-corrected chi connectivity index (χ2v) is 8.04. The molecule has 1 spiro atoms.